The molecule has 1 heterocycles. The second-order valence-electron chi connectivity index (χ2n) is 7.51. The minimum absolute atomic E-state index is 0.282. The summed E-state index contributed by atoms with van der Waals surface area (Å²) in [5.74, 6) is -0.705. The Morgan fingerprint density at radius 1 is 1.17 bits per heavy atom. The van der Waals surface area contributed by atoms with Gasteiger partial charge in [0.25, 0.3) is 0 Å². The molecule has 2 aromatic carbocycles. The van der Waals surface area contributed by atoms with Gasteiger partial charge in [0.15, 0.2) is 0 Å². The number of nitrogens with zero attached hydrogens (tertiary/aromatic N) is 1. The molecule has 0 saturated heterocycles. The number of hydrogen-bond donors (Lipinski definition) is 1. The first kappa shape index (κ1) is 21.6. The number of oxazole rings is 1. The summed E-state index contributed by atoms with van der Waals surface area (Å²) in [4.78, 5) is 4.32. The first-order chi connectivity index (χ1) is 13.6. The summed E-state index contributed by atoms with van der Waals surface area (Å²) in [5, 5.41) is 6.24. The van der Waals surface area contributed by atoms with Gasteiger partial charge in [-0.25, -0.2) is 18.0 Å². The predicted octanol–water partition coefficient (Wildman–Crippen LogP) is 5.39. The molecule has 0 aliphatic rings. The molecule has 8 heteroatoms. The third-order valence-electron chi connectivity index (χ3n) is 4.70. The molecule has 0 saturated carbocycles. The summed E-state index contributed by atoms with van der Waals surface area (Å²) in [7, 11) is -1.59. The fourth-order valence-electron chi connectivity index (χ4n) is 3.16. The highest BCUT2D eigenvalue weighted by Crippen LogP contribution is 2.34. The predicted molar refractivity (Wildman–Crippen MR) is 111 cm³/mol. The minimum atomic E-state index is -1.59. The van der Waals surface area contributed by atoms with Gasteiger partial charge in [-0.15, -0.1) is 0 Å². The Morgan fingerprint density at radius 2 is 1.79 bits per heavy atom. The molecule has 1 aromatic heterocycles. The SMILES string of the molecule is CC(C)(C[C@H](Cc1cc(F)cc(F)c1)c1cnc(-c2ccc(Cl)cc2)o1)S(N)=O. The van der Waals surface area contributed by atoms with Gasteiger partial charge in [-0.2, -0.15) is 0 Å². The molecule has 3 aromatic rings. The average Bonchev–Trinajstić information content (AvgIpc) is 3.10. The van der Waals surface area contributed by atoms with Gasteiger partial charge in [0.1, 0.15) is 17.4 Å². The monoisotopic (exact) mass is 438 g/mol. The lowest BCUT2D eigenvalue weighted by molar-refractivity contribution is 0.421. The van der Waals surface area contributed by atoms with E-state index >= 15 is 0 Å². The summed E-state index contributed by atoms with van der Waals surface area (Å²) < 4.78 is 44.5. The summed E-state index contributed by atoms with van der Waals surface area (Å²) in [5.41, 5.74) is 1.22. The fraction of sp³-hybridized carbons (Fsp3) is 0.286. The van der Waals surface area contributed by atoms with E-state index < -0.39 is 27.4 Å². The average molecular weight is 439 g/mol. The van der Waals surface area contributed by atoms with Crippen LogP contribution in [0.3, 0.4) is 0 Å². The molecular weight excluding hydrogens is 418 g/mol. The number of halogens is 3. The first-order valence-corrected chi connectivity index (χ1v) is 10.6. The molecule has 2 N–H and O–H groups in total. The number of rotatable bonds is 7. The largest absolute Gasteiger partial charge is 0.441 e. The molecule has 0 aliphatic heterocycles. The zero-order chi connectivity index (χ0) is 21.2. The van der Waals surface area contributed by atoms with Crippen LogP contribution in [-0.4, -0.2) is 13.9 Å². The van der Waals surface area contributed by atoms with E-state index in [1.165, 1.54) is 12.1 Å². The number of nitrogens with two attached hydrogens (primary N) is 1. The first-order valence-electron chi connectivity index (χ1n) is 8.97. The van der Waals surface area contributed by atoms with E-state index in [0.29, 0.717) is 28.7 Å². The number of hydrogen-bond acceptors (Lipinski definition) is 3. The van der Waals surface area contributed by atoms with Crippen molar-refractivity contribution in [1.82, 2.24) is 4.98 Å². The van der Waals surface area contributed by atoms with E-state index in [1.807, 2.05) is 0 Å². The maximum atomic E-state index is 13.6. The van der Waals surface area contributed by atoms with Crippen LogP contribution in [0.25, 0.3) is 11.5 Å². The molecule has 29 heavy (non-hydrogen) atoms. The van der Waals surface area contributed by atoms with Crippen LogP contribution in [0.1, 0.15) is 37.5 Å². The molecule has 0 amide bonds. The van der Waals surface area contributed by atoms with Crippen molar-refractivity contribution in [1.29, 1.82) is 0 Å². The third kappa shape index (κ3) is 5.50. The fourth-order valence-corrected chi connectivity index (χ4v) is 3.65. The van der Waals surface area contributed by atoms with Gasteiger partial charge in [-0.05, 0) is 68.7 Å². The van der Waals surface area contributed by atoms with E-state index in [0.717, 1.165) is 11.6 Å². The Bertz CT molecular complexity index is 1000. The van der Waals surface area contributed by atoms with E-state index in [-0.39, 0.29) is 12.3 Å². The van der Waals surface area contributed by atoms with E-state index in [1.54, 1.807) is 44.3 Å². The van der Waals surface area contributed by atoms with E-state index in [9.17, 15) is 13.0 Å². The van der Waals surface area contributed by atoms with E-state index in [2.05, 4.69) is 4.98 Å². The zero-order valence-electron chi connectivity index (χ0n) is 16.0. The molecule has 2 atom stereocenters. The van der Waals surface area contributed by atoms with Crippen LogP contribution in [0.5, 0.6) is 0 Å². The maximum Gasteiger partial charge on any atom is 0.226 e. The van der Waals surface area contributed by atoms with Crippen molar-refractivity contribution in [3.05, 3.63) is 76.6 Å². The standard InChI is InChI=1S/C21H21ClF2N2O2S/c1-21(2,29(25)27)11-15(7-13-8-17(23)10-18(24)9-13)19-12-26-20(28-19)14-3-5-16(22)6-4-14/h3-6,8-10,12,15H,7,11,25H2,1-2H3/t15-,29?/m0/s1. The van der Waals surface area contributed by atoms with Crippen LogP contribution in [0.4, 0.5) is 8.78 Å². The second-order valence-corrected chi connectivity index (χ2v) is 9.65. The zero-order valence-corrected chi connectivity index (χ0v) is 17.6. The molecule has 1 unspecified atom stereocenters. The van der Waals surface area contributed by atoms with Gasteiger partial charge in [-0.1, -0.05) is 11.6 Å². The van der Waals surface area contributed by atoms with Crippen LogP contribution in [0, 0.1) is 11.6 Å². The Labute approximate surface area is 175 Å². The summed E-state index contributed by atoms with van der Waals surface area (Å²) in [6.45, 7) is 3.55. The van der Waals surface area contributed by atoms with Gasteiger partial charge >= 0.3 is 0 Å². The van der Waals surface area contributed by atoms with Gasteiger partial charge in [0.2, 0.25) is 5.89 Å². The van der Waals surface area contributed by atoms with Crippen molar-refractivity contribution in [2.24, 2.45) is 5.14 Å². The summed E-state index contributed by atoms with van der Waals surface area (Å²) >= 11 is 5.92. The highest BCUT2D eigenvalue weighted by atomic mass is 35.5. The minimum Gasteiger partial charge on any atom is -0.441 e. The van der Waals surface area contributed by atoms with Crippen molar-refractivity contribution in [2.75, 3.05) is 0 Å². The van der Waals surface area contributed by atoms with Gasteiger partial charge in [0, 0.05) is 22.6 Å². The lowest BCUT2D eigenvalue weighted by Crippen LogP contribution is -2.34. The van der Waals surface area contributed by atoms with Crippen molar-refractivity contribution < 1.29 is 17.4 Å². The Morgan fingerprint density at radius 3 is 2.38 bits per heavy atom. The van der Waals surface area contributed by atoms with Gasteiger partial charge in [-0.3, -0.25) is 5.14 Å². The van der Waals surface area contributed by atoms with Crippen molar-refractivity contribution in [3.63, 3.8) is 0 Å². The van der Waals surface area contributed by atoms with Crippen LogP contribution < -0.4 is 5.14 Å². The maximum absolute atomic E-state index is 13.6. The van der Waals surface area contributed by atoms with Crippen LogP contribution in [-0.2, 0) is 17.4 Å². The summed E-state index contributed by atoms with van der Waals surface area (Å²) in [6, 6.07) is 10.4. The second kappa shape index (κ2) is 8.73. The normalized spacial score (nSPS) is 14.0. The molecule has 0 aliphatic carbocycles. The molecule has 0 bridgehead atoms. The molecule has 154 valence electrons. The van der Waals surface area contributed by atoms with Crippen molar-refractivity contribution in [2.45, 2.75) is 37.4 Å². The van der Waals surface area contributed by atoms with Crippen LogP contribution in [0.15, 0.2) is 53.1 Å². The third-order valence-corrected chi connectivity index (χ3v) is 6.21. The number of benzene rings is 2. The highest BCUT2D eigenvalue weighted by molar-refractivity contribution is 7.84. The highest BCUT2D eigenvalue weighted by Gasteiger charge is 2.31. The lowest BCUT2D eigenvalue weighted by atomic mass is 9.89. The molecule has 0 fully saturated rings. The molecule has 0 radical (unpaired) electrons. The Balaban J connectivity index is 1.94. The quantitative estimate of drug-likeness (QED) is 0.537. The smallest absolute Gasteiger partial charge is 0.226 e. The molecule has 4 nitrogen and oxygen atoms in total. The van der Waals surface area contributed by atoms with Gasteiger partial charge in [0.05, 0.1) is 21.9 Å². The Hall–Kier alpha value is -2.09. The summed E-state index contributed by atoms with van der Waals surface area (Å²) in [6.07, 6.45) is 2.24. The van der Waals surface area contributed by atoms with Crippen LogP contribution >= 0.6 is 11.6 Å². The molecular formula is C21H21ClF2N2O2S. The van der Waals surface area contributed by atoms with Crippen LogP contribution in [0.2, 0.25) is 5.02 Å². The molecule has 0 spiro atoms. The number of aromatic nitrogens is 1. The molecule has 3 rings (SSSR count). The van der Waals surface area contributed by atoms with Gasteiger partial charge < -0.3 is 4.42 Å². The topological polar surface area (TPSA) is 69.1 Å². The van der Waals surface area contributed by atoms with Crippen molar-refractivity contribution in [3.8, 4) is 11.5 Å². The van der Waals surface area contributed by atoms with Crippen molar-refractivity contribution >= 4 is 22.6 Å². The van der Waals surface area contributed by atoms with E-state index in [4.69, 9.17) is 21.2 Å². The Kier molecular flexibility index (Phi) is 6.51. The lowest BCUT2D eigenvalue weighted by Gasteiger charge is -2.26.